The second-order valence-corrected chi connectivity index (χ2v) is 7.39. The van der Waals surface area contributed by atoms with Crippen LogP contribution in [0, 0.1) is 17.8 Å². The third-order valence-electron chi connectivity index (χ3n) is 5.02. The number of nitrogens with zero attached hydrogens (tertiary/aromatic N) is 2. The number of hydrogen-bond acceptors (Lipinski definition) is 5. The van der Waals surface area contributed by atoms with Gasteiger partial charge in [-0.2, -0.15) is 4.98 Å². The molecule has 7 nitrogen and oxygen atoms in total. The number of carboxylic acid groups (broad SMARTS) is 1. The van der Waals surface area contributed by atoms with Gasteiger partial charge in [-0.25, -0.2) is 0 Å². The second-order valence-electron chi connectivity index (χ2n) is 7.39. The van der Waals surface area contributed by atoms with E-state index in [4.69, 9.17) is 4.52 Å². The van der Waals surface area contributed by atoms with Gasteiger partial charge in [0.15, 0.2) is 5.82 Å². The molecule has 1 heterocycles. The Morgan fingerprint density at radius 1 is 1.21 bits per heavy atom. The highest BCUT2D eigenvalue weighted by atomic mass is 16.5. The van der Waals surface area contributed by atoms with Crippen molar-refractivity contribution in [1.29, 1.82) is 0 Å². The fourth-order valence-corrected chi connectivity index (χ4v) is 3.32. The first-order valence-corrected chi connectivity index (χ1v) is 8.82. The summed E-state index contributed by atoms with van der Waals surface area (Å²) in [6.45, 7) is 3.99. The zero-order chi connectivity index (χ0) is 17.3. The summed E-state index contributed by atoms with van der Waals surface area (Å²) in [4.78, 5) is 28.2. The molecular formula is C17H25N3O4. The van der Waals surface area contributed by atoms with Crippen molar-refractivity contribution in [2.75, 3.05) is 0 Å². The molecule has 24 heavy (non-hydrogen) atoms. The van der Waals surface area contributed by atoms with Gasteiger partial charge in [0, 0.05) is 11.8 Å². The fourth-order valence-electron chi connectivity index (χ4n) is 3.32. The molecule has 1 aromatic heterocycles. The lowest BCUT2D eigenvalue weighted by Gasteiger charge is -2.28. The maximum Gasteiger partial charge on any atom is 0.306 e. The maximum absolute atomic E-state index is 12.6. The highest BCUT2D eigenvalue weighted by Gasteiger charge is 2.35. The molecular weight excluding hydrogens is 310 g/mol. The molecule has 7 heteroatoms. The van der Waals surface area contributed by atoms with Crippen molar-refractivity contribution in [2.45, 2.75) is 64.3 Å². The number of carbonyl (C=O) groups is 2. The molecule has 1 amide bonds. The van der Waals surface area contributed by atoms with Crippen molar-refractivity contribution >= 4 is 11.9 Å². The quantitative estimate of drug-likeness (QED) is 0.828. The number of aromatic nitrogens is 2. The van der Waals surface area contributed by atoms with Crippen LogP contribution in [-0.2, 0) is 9.59 Å². The molecule has 0 radical (unpaired) electrons. The number of carbonyl (C=O) groups excluding carboxylic acids is 1. The number of amides is 1. The van der Waals surface area contributed by atoms with Gasteiger partial charge in [-0.1, -0.05) is 25.4 Å². The zero-order valence-electron chi connectivity index (χ0n) is 14.2. The van der Waals surface area contributed by atoms with Crippen LogP contribution in [0.25, 0.3) is 0 Å². The Labute approximate surface area is 141 Å². The minimum Gasteiger partial charge on any atom is -0.481 e. The van der Waals surface area contributed by atoms with Crippen molar-refractivity contribution in [1.82, 2.24) is 15.5 Å². The average molecular weight is 335 g/mol. The molecule has 0 bridgehead atoms. The van der Waals surface area contributed by atoms with Crippen LogP contribution in [0.5, 0.6) is 0 Å². The van der Waals surface area contributed by atoms with Gasteiger partial charge in [0.25, 0.3) is 0 Å². The van der Waals surface area contributed by atoms with Crippen LogP contribution < -0.4 is 5.32 Å². The van der Waals surface area contributed by atoms with Gasteiger partial charge in [0.2, 0.25) is 11.8 Å². The molecule has 2 aliphatic rings. The summed E-state index contributed by atoms with van der Waals surface area (Å²) >= 11 is 0. The number of hydrogen-bond donors (Lipinski definition) is 2. The van der Waals surface area contributed by atoms with Gasteiger partial charge >= 0.3 is 5.97 Å². The predicted molar refractivity (Wildman–Crippen MR) is 85.1 cm³/mol. The summed E-state index contributed by atoms with van der Waals surface area (Å²) < 4.78 is 5.37. The highest BCUT2D eigenvalue weighted by molar-refractivity contribution is 5.80. The molecule has 2 saturated carbocycles. The minimum absolute atomic E-state index is 0.106. The number of rotatable bonds is 6. The monoisotopic (exact) mass is 335 g/mol. The molecule has 0 aromatic carbocycles. The molecule has 132 valence electrons. The van der Waals surface area contributed by atoms with E-state index in [9.17, 15) is 14.7 Å². The molecule has 0 spiro atoms. The van der Waals surface area contributed by atoms with Crippen LogP contribution in [0.4, 0.5) is 0 Å². The van der Waals surface area contributed by atoms with E-state index in [0.29, 0.717) is 24.7 Å². The first-order chi connectivity index (χ1) is 11.5. The molecule has 2 aliphatic carbocycles. The summed E-state index contributed by atoms with van der Waals surface area (Å²) in [5, 5.41) is 16.2. The predicted octanol–water partition coefficient (Wildman–Crippen LogP) is 2.65. The first kappa shape index (κ1) is 16.9. The Balaban J connectivity index is 1.66. The van der Waals surface area contributed by atoms with Gasteiger partial charge in [-0.05, 0) is 38.0 Å². The fraction of sp³-hybridized carbons (Fsp3) is 0.765. The number of carboxylic acids is 1. The van der Waals surface area contributed by atoms with Crippen LogP contribution in [0.15, 0.2) is 4.52 Å². The normalized spacial score (nSPS) is 25.5. The van der Waals surface area contributed by atoms with Crippen molar-refractivity contribution in [3.63, 3.8) is 0 Å². The molecule has 1 aromatic rings. The van der Waals surface area contributed by atoms with E-state index < -0.39 is 11.9 Å². The van der Waals surface area contributed by atoms with Crippen molar-refractivity contribution in [3.8, 4) is 0 Å². The Morgan fingerprint density at radius 2 is 1.92 bits per heavy atom. The topological polar surface area (TPSA) is 105 Å². The average Bonchev–Trinajstić information content (AvgIpc) is 3.30. The number of nitrogens with one attached hydrogen (secondary N) is 1. The van der Waals surface area contributed by atoms with Gasteiger partial charge in [-0.15, -0.1) is 0 Å². The lowest BCUT2D eigenvalue weighted by Crippen LogP contribution is -2.39. The smallest absolute Gasteiger partial charge is 0.306 e. The number of aliphatic carboxylic acids is 1. The summed E-state index contributed by atoms with van der Waals surface area (Å²) in [5.41, 5.74) is 0. The first-order valence-electron chi connectivity index (χ1n) is 8.82. The molecule has 2 N–H and O–H groups in total. The van der Waals surface area contributed by atoms with Gasteiger partial charge in [-0.3, -0.25) is 9.59 Å². The van der Waals surface area contributed by atoms with E-state index >= 15 is 0 Å². The molecule has 3 atom stereocenters. The standard InChI is InChI=1S/C17H25N3O4/c1-9(2)13(16-19-14(20-24-16)10-6-7-10)18-15(21)11-4-3-5-12(8-11)17(22)23/h9-13H,3-8H2,1-2H3,(H,18,21)(H,22,23). The van der Waals surface area contributed by atoms with E-state index in [2.05, 4.69) is 15.5 Å². The van der Waals surface area contributed by atoms with E-state index in [1.165, 1.54) is 0 Å². The molecule has 3 rings (SSSR count). The molecule has 0 aliphatic heterocycles. The van der Waals surface area contributed by atoms with Crippen LogP contribution >= 0.6 is 0 Å². The summed E-state index contributed by atoms with van der Waals surface area (Å²) in [7, 11) is 0. The molecule has 3 unspecified atom stereocenters. The van der Waals surface area contributed by atoms with E-state index in [0.717, 1.165) is 31.5 Å². The Kier molecular flexibility index (Phi) is 4.87. The third-order valence-corrected chi connectivity index (χ3v) is 5.02. The third kappa shape index (κ3) is 3.76. The molecule has 2 fully saturated rings. The Hall–Kier alpha value is -1.92. The van der Waals surface area contributed by atoms with Crippen molar-refractivity contribution in [2.24, 2.45) is 17.8 Å². The Morgan fingerprint density at radius 3 is 2.54 bits per heavy atom. The maximum atomic E-state index is 12.6. The van der Waals surface area contributed by atoms with Gasteiger partial charge in [0.1, 0.15) is 6.04 Å². The van der Waals surface area contributed by atoms with Crippen molar-refractivity contribution in [3.05, 3.63) is 11.7 Å². The lowest BCUT2D eigenvalue weighted by atomic mass is 9.81. The van der Waals surface area contributed by atoms with Crippen molar-refractivity contribution < 1.29 is 19.2 Å². The van der Waals surface area contributed by atoms with Gasteiger partial charge < -0.3 is 14.9 Å². The van der Waals surface area contributed by atoms with Crippen LogP contribution in [-0.4, -0.2) is 27.1 Å². The lowest BCUT2D eigenvalue weighted by molar-refractivity contribution is -0.144. The summed E-state index contributed by atoms with van der Waals surface area (Å²) in [6, 6.07) is -0.331. The summed E-state index contributed by atoms with van der Waals surface area (Å²) in [6.07, 6.45) is 4.75. The van der Waals surface area contributed by atoms with Crippen LogP contribution in [0.1, 0.15) is 76.0 Å². The SMILES string of the molecule is CC(C)C(NC(=O)C1CCCC(C(=O)O)C1)c1nc(C2CC2)no1. The van der Waals surface area contributed by atoms with Crippen LogP contribution in [0.3, 0.4) is 0 Å². The van der Waals surface area contributed by atoms with E-state index in [-0.39, 0.29) is 23.8 Å². The molecule has 0 saturated heterocycles. The van der Waals surface area contributed by atoms with Gasteiger partial charge in [0.05, 0.1) is 5.92 Å². The second kappa shape index (κ2) is 6.91. The highest BCUT2D eigenvalue weighted by Crippen LogP contribution is 2.39. The summed E-state index contributed by atoms with van der Waals surface area (Å²) in [5.74, 6) is 0.105. The Bertz CT molecular complexity index is 609. The van der Waals surface area contributed by atoms with E-state index in [1.54, 1.807) is 0 Å². The van der Waals surface area contributed by atoms with Crippen LogP contribution in [0.2, 0.25) is 0 Å². The largest absolute Gasteiger partial charge is 0.481 e. The zero-order valence-corrected chi connectivity index (χ0v) is 14.2. The minimum atomic E-state index is -0.807. The van der Waals surface area contributed by atoms with E-state index in [1.807, 2.05) is 13.8 Å².